The van der Waals surface area contributed by atoms with Crippen molar-refractivity contribution >= 4 is 5.91 Å². The van der Waals surface area contributed by atoms with E-state index in [0.717, 1.165) is 0 Å². The minimum atomic E-state index is -0.103. The third-order valence-electron chi connectivity index (χ3n) is 1.85. The lowest BCUT2D eigenvalue weighted by Gasteiger charge is -2.12. The molecule has 15 heavy (non-hydrogen) atoms. The van der Waals surface area contributed by atoms with E-state index in [9.17, 15) is 4.79 Å². The SMILES string of the molecule is [CH2]Oc1ccccc1OCC(=O)N(C)C. The molecule has 0 spiro atoms. The van der Waals surface area contributed by atoms with E-state index in [1.54, 1.807) is 38.4 Å². The summed E-state index contributed by atoms with van der Waals surface area (Å²) >= 11 is 0. The standard InChI is InChI=1S/C11H14NO3/c1-12(2)11(13)8-15-10-7-5-4-6-9(10)14-3/h4-7H,3,8H2,1-2H3. The van der Waals surface area contributed by atoms with Crippen molar-refractivity contribution in [2.75, 3.05) is 20.7 Å². The van der Waals surface area contributed by atoms with Gasteiger partial charge in [0.05, 0.1) is 0 Å². The fourth-order valence-corrected chi connectivity index (χ4v) is 0.957. The molecule has 4 nitrogen and oxygen atoms in total. The van der Waals surface area contributed by atoms with Crippen molar-refractivity contribution in [1.82, 2.24) is 4.90 Å². The van der Waals surface area contributed by atoms with Gasteiger partial charge in [-0.25, -0.2) is 0 Å². The summed E-state index contributed by atoms with van der Waals surface area (Å²) in [6.45, 7) is -0.00657. The number of nitrogens with zero attached hydrogens (tertiary/aromatic N) is 1. The summed E-state index contributed by atoms with van der Waals surface area (Å²) in [7, 11) is 6.66. The number of benzene rings is 1. The number of amides is 1. The maximum Gasteiger partial charge on any atom is 0.259 e. The first kappa shape index (κ1) is 11.4. The maximum atomic E-state index is 11.3. The van der Waals surface area contributed by atoms with E-state index in [2.05, 4.69) is 7.11 Å². The highest BCUT2D eigenvalue weighted by Crippen LogP contribution is 2.25. The molecule has 1 aromatic rings. The van der Waals surface area contributed by atoms with Crippen LogP contribution in [0.3, 0.4) is 0 Å². The van der Waals surface area contributed by atoms with Crippen molar-refractivity contribution in [1.29, 1.82) is 0 Å². The lowest BCUT2D eigenvalue weighted by molar-refractivity contribution is -0.130. The van der Waals surface area contributed by atoms with Crippen LogP contribution in [0.2, 0.25) is 0 Å². The summed E-state index contributed by atoms with van der Waals surface area (Å²) in [6, 6.07) is 7.06. The number of hydrogen-bond acceptors (Lipinski definition) is 3. The van der Waals surface area contributed by atoms with E-state index >= 15 is 0 Å². The normalized spacial score (nSPS) is 9.53. The minimum Gasteiger partial charge on any atom is -0.486 e. The number of ether oxygens (including phenoxy) is 2. The molecule has 0 aliphatic carbocycles. The molecule has 0 heterocycles. The predicted molar refractivity (Wildman–Crippen MR) is 56.6 cm³/mol. The summed E-state index contributed by atoms with van der Waals surface area (Å²) in [6.07, 6.45) is 0. The Hall–Kier alpha value is -1.71. The molecule has 1 radical (unpaired) electrons. The van der Waals surface area contributed by atoms with Crippen LogP contribution in [0.1, 0.15) is 0 Å². The molecule has 1 rings (SSSR count). The van der Waals surface area contributed by atoms with Crippen LogP contribution in [0.5, 0.6) is 11.5 Å². The molecule has 0 saturated carbocycles. The lowest BCUT2D eigenvalue weighted by Crippen LogP contribution is -2.27. The van der Waals surface area contributed by atoms with Gasteiger partial charge in [0.15, 0.2) is 18.1 Å². The largest absolute Gasteiger partial charge is 0.486 e. The molecule has 0 N–H and O–H groups in total. The predicted octanol–water partition coefficient (Wildman–Crippen LogP) is 1.32. The van der Waals surface area contributed by atoms with Crippen LogP contribution in [0.4, 0.5) is 0 Å². The van der Waals surface area contributed by atoms with E-state index in [0.29, 0.717) is 11.5 Å². The van der Waals surface area contributed by atoms with Crippen LogP contribution in [0.15, 0.2) is 24.3 Å². The van der Waals surface area contributed by atoms with Crippen LogP contribution in [-0.4, -0.2) is 31.5 Å². The topological polar surface area (TPSA) is 38.8 Å². The van der Waals surface area contributed by atoms with E-state index in [1.807, 2.05) is 0 Å². The Bertz CT molecular complexity index is 336. The highest BCUT2D eigenvalue weighted by atomic mass is 16.5. The summed E-state index contributed by atoms with van der Waals surface area (Å²) < 4.78 is 10.1. The van der Waals surface area contributed by atoms with Crippen molar-refractivity contribution in [2.45, 2.75) is 0 Å². The molecule has 0 unspecified atom stereocenters. The molecule has 0 aromatic heterocycles. The van der Waals surface area contributed by atoms with Crippen LogP contribution >= 0.6 is 0 Å². The van der Waals surface area contributed by atoms with Gasteiger partial charge in [0.1, 0.15) is 7.11 Å². The molecule has 1 amide bonds. The van der Waals surface area contributed by atoms with Crippen molar-refractivity contribution < 1.29 is 14.3 Å². The van der Waals surface area contributed by atoms with Gasteiger partial charge < -0.3 is 14.4 Å². The molecular formula is C11H14NO3. The van der Waals surface area contributed by atoms with Gasteiger partial charge in [-0.1, -0.05) is 12.1 Å². The fourth-order valence-electron chi connectivity index (χ4n) is 0.957. The molecule has 0 saturated heterocycles. The molecule has 4 heteroatoms. The van der Waals surface area contributed by atoms with Gasteiger partial charge in [0.2, 0.25) is 0 Å². The number of rotatable bonds is 4. The summed E-state index contributed by atoms with van der Waals surface area (Å²) in [4.78, 5) is 12.7. The molecular weight excluding hydrogens is 194 g/mol. The Morgan fingerprint density at radius 3 is 2.47 bits per heavy atom. The molecule has 0 aliphatic rings. The van der Waals surface area contributed by atoms with Crippen LogP contribution in [-0.2, 0) is 4.79 Å². The molecule has 1 aromatic carbocycles. The van der Waals surface area contributed by atoms with Crippen molar-refractivity contribution in [3.8, 4) is 11.5 Å². The Balaban J connectivity index is 2.61. The van der Waals surface area contributed by atoms with Gasteiger partial charge in [0.25, 0.3) is 5.91 Å². The number of hydrogen-bond donors (Lipinski definition) is 0. The van der Waals surface area contributed by atoms with Gasteiger partial charge >= 0.3 is 0 Å². The Labute approximate surface area is 89.4 Å². The zero-order valence-corrected chi connectivity index (χ0v) is 8.90. The monoisotopic (exact) mass is 208 g/mol. The fraction of sp³-hybridized carbons (Fsp3) is 0.273. The van der Waals surface area contributed by atoms with Crippen molar-refractivity contribution in [2.24, 2.45) is 0 Å². The zero-order chi connectivity index (χ0) is 11.3. The van der Waals surface area contributed by atoms with Gasteiger partial charge in [0, 0.05) is 14.1 Å². The average Bonchev–Trinajstić information content (AvgIpc) is 2.26. The number of carbonyl (C=O) groups is 1. The Morgan fingerprint density at radius 2 is 1.93 bits per heavy atom. The van der Waals surface area contributed by atoms with Gasteiger partial charge in [-0.2, -0.15) is 0 Å². The molecule has 81 valence electrons. The second-order valence-corrected chi connectivity index (χ2v) is 3.17. The Morgan fingerprint density at radius 1 is 1.33 bits per heavy atom. The first-order valence-corrected chi connectivity index (χ1v) is 4.49. The molecule has 0 aliphatic heterocycles. The third kappa shape index (κ3) is 3.16. The number of likely N-dealkylation sites (N-methyl/N-ethyl adjacent to an activating group) is 1. The average molecular weight is 208 g/mol. The van der Waals surface area contributed by atoms with E-state index < -0.39 is 0 Å². The number of carbonyl (C=O) groups excluding carboxylic acids is 1. The number of para-hydroxylation sites is 2. The molecule has 0 bridgehead atoms. The summed E-state index contributed by atoms with van der Waals surface area (Å²) in [5.74, 6) is 0.931. The summed E-state index contributed by atoms with van der Waals surface area (Å²) in [5, 5.41) is 0. The highest BCUT2D eigenvalue weighted by molar-refractivity contribution is 5.77. The smallest absolute Gasteiger partial charge is 0.259 e. The third-order valence-corrected chi connectivity index (χ3v) is 1.85. The molecule has 0 fully saturated rings. The maximum absolute atomic E-state index is 11.3. The summed E-state index contributed by atoms with van der Waals surface area (Å²) in [5.41, 5.74) is 0. The second kappa shape index (κ2) is 5.24. The molecule has 0 atom stereocenters. The van der Waals surface area contributed by atoms with Crippen molar-refractivity contribution in [3.63, 3.8) is 0 Å². The van der Waals surface area contributed by atoms with Crippen LogP contribution < -0.4 is 9.47 Å². The van der Waals surface area contributed by atoms with Gasteiger partial charge in [-0.15, -0.1) is 0 Å². The van der Waals surface area contributed by atoms with E-state index in [4.69, 9.17) is 9.47 Å². The van der Waals surface area contributed by atoms with Gasteiger partial charge in [-0.05, 0) is 12.1 Å². The van der Waals surface area contributed by atoms with Crippen molar-refractivity contribution in [3.05, 3.63) is 31.4 Å². The first-order chi connectivity index (χ1) is 7.15. The minimum absolute atomic E-state index is 0.00657. The lowest BCUT2D eigenvalue weighted by atomic mass is 10.3. The second-order valence-electron chi connectivity index (χ2n) is 3.17. The van der Waals surface area contributed by atoms with E-state index in [1.165, 1.54) is 4.90 Å². The van der Waals surface area contributed by atoms with Crippen LogP contribution in [0, 0.1) is 7.11 Å². The Kier molecular flexibility index (Phi) is 3.97. The quantitative estimate of drug-likeness (QED) is 0.749. The first-order valence-electron chi connectivity index (χ1n) is 4.49. The highest BCUT2D eigenvalue weighted by Gasteiger charge is 2.07. The van der Waals surface area contributed by atoms with Gasteiger partial charge in [-0.3, -0.25) is 4.79 Å². The van der Waals surface area contributed by atoms with E-state index in [-0.39, 0.29) is 12.5 Å². The van der Waals surface area contributed by atoms with Crippen LogP contribution in [0.25, 0.3) is 0 Å². The zero-order valence-electron chi connectivity index (χ0n) is 8.90.